The lowest BCUT2D eigenvalue weighted by molar-refractivity contribution is -0.140. The van der Waals surface area contributed by atoms with Gasteiger partial charge in [0.2, 0.25) is 11.8 Å². The van der Waals surface area contributed by atoms with Crippen molar-refractivity contribution in [2.24, 2.45) is 0 Å². The molecule has 1 atom stereocenters. The predicted octanol–water partition coefficient (Wildman–Crippen LogP) is 2.55. The average molecular weight is 477 g/mol. The van der Waals surface area contributed by atoms with Gasteiger partial charge in [-0.25, -0.2) is 0 Å². The lowest BCUT2D eigenvalue weighted by Crippen LogP contribution is -2.53. The second-order valence-electron chi connectivity index (χ2n) is 8.03. The SMILES string of the molecule is CCC1CN(C(=O)CN2CCN(CC(=O)Nc3ccc(Cl)c(C(F)(F)F)c3)CC2)CCO1. The summed E-state index contributed by atoms with van der Waals surface area (Å²) in [6, 6.07) is 3.29. The Kier molecular flexibility index (Phi) is 8.37. The summed E-state index contributed by atoms with van der Waals surface area (Å²) < 4.78 is 44.5. The fraction of sp³-hybridized carbons (Fsp3) is 0.619. The highest BCUT2D eigenvalue weighted by atomic mass is 35.5. The van der Waals surface area contributed by atoms with E-state index >= 15 is 0 Å². The maximum atomic E-state index is 13.0. The zero-order valence-electron chi connectivity index (χ0n) is 18.0. The first-order chi connectivity index (χ1) is 15.2. The van der Waals surface area contributed by atoms with Gasteiger partial charge >= 0.3 is 6.18 Å². The van der Waals surface area contributed by atoms with E-state index < -0.39 is 22.7 Å². The van der Waals surface area contributed by atoms with Crippen molar-refractivity contribution in [3.8, 4) is 0 Å². The van der Waals surface area contributed by atoms with Crippen LogP contribution in [0.4, 0.5) is 18.9 Å². The van der Waals surface area contributed by atoms with E-state index in [0.29, 0.717) is 52.4 Å². The lowest BCUT2D eigenvalue weighted by atomic mass is 10.2. The van der Waals surface area contributed by atoms with E-state index in [9.17, 15) is 22.8 Å². The van der Waals surface area contributed by atoms with Gasteiger partial charge in [0.15, 0.2) is 0 Å². The Balaban J connectivity index is 1.43. The molecule has 0 spiro atoms. The summed E-state index contributed by atoms with van der Waals surface area (Å²) in [5.41, 5.74) is -0.937. The van der Waals surface area contributed by atoms with Crippen LogP contribution >= 0.6 is 11.6 Å². The molecule has 2 aliphatic rings. The Hall–Kier alpha value is -1.88. The van der Waals surface area contributed by atoms with E-state index in [2.05, 4.69) is 10.2 Å². The molecule has 0 aliphatic carbocycles. The van der Waals surface area contributed by atoms with E-state index in [4.69, 9.17) is 16.3 Å². The molecular weight excluding hydrogens is 449 g/mol. The summed E-state index contributed by atoms with van der Waals surface area (Å²) in [5.74, 6) is -0.315. The second kappa shape index (κ2) is 10.8. The van der Waals surface area contributed by atoms with Crippen LogP contribution in [0.25, 0.3) is 0 Å². The summed E-state index contributed by atoms with van der Waals surface area (Å²) in [7, 11) is 0. The van der Waals surface area contributed by atoms with Crippen molar-refractivity contribution in [1.82, 2.24) is 14.7 Å². The quantitative estimate of drug-likeness (QED) is 0.683. The highest BCUT2D eigenvalue weighted by Crippen LogP contribution is 2.36. The third-order valence-electron chi connectivity index (χ3n) is 5.69. The molecule has 2 aliphatic heterocycles. The van der Waals surface area contributed by atoms with Gasteiger partial charge in [0.1, 0.15) is 0 Å². The van der Waals surface area contributed by atoms with Crippen molar-refractivity contribution in [2.75, 3.05) is 64.3 Å². The standard InChI is InChI=1S/C21H28ClF3N4O3/c1-2-16-12-29(9-10-32-16)20(31)14-28-7-5-27(6-8-28)13-19(30)26-15-3-4-18(22)17(11-15)21(23,24)25/h3-4,11,16H,2,5-10,12-14H2,1H3,(H,26,30). The second-order valence-corrected chi connectivity index (χ2v) is 8.44. The maximum Gasteiger partial charge on any atom is 0.417 e. The van der Waals surface area contributed by atoms with Crippen LogP contribution in [0.2, 0.25) is 5.02 Å². The number of amides is 2. The number of nitrogens with zero attached hydrogens (tertiary/aromatic N) is 3. The third kappa shape index (κ3) is 6.81. The van der Waals surface area contributed by atoms with Gasteiger partial charge in [-0.1, -0.05) is 18.5 Å². The molecule has 0 aromatic heterocycles. The normalized spacial score (nSPS) is 20.9. The van der Waals surface area contributed by atoms with Crippen molar-refractivity contribution in [3.05, 3.63) is 28.8 Å². The molecule has 3 rings (SSSR count). The van der Waals surface area contributed by atoms with Crippen molar-refractivity contribution >= 4 is 29.1 Å². The zero-order valence-corrected chi connectivity index (χ0v) is 18.7. The summed E-state index contributed by atoms with van der Waals surface area (Å²) in [6.45, 7) is 6.69. The first-order valence-electron chi connectivity index (χ1n) is 10.7. The van der Waals surface area contributed by atoms with Crippen LogP contribution in [0, 0.1) is 0 Å². The lowest BCUT2D eigenvalue weighted by Gasteiger charge is -2.37. The first-order valence-corrected chi connectivity index (χ1v) is 11.0. The topological polar surface area (TPSA) is 65.1 Å². The molecule has 2 saturated heterocycles. The number of anilines is 1. The smallest absolute Gasteiger partial charge is 0.375 e. The fourth-order valence-corrected chi connectivity index (χ4v) is 4.04. The van der Waals surface area contributed by atoms with Crippen molar-refractivity contribution in [3.63, 3.8) is 0 Å². The number of benzene rings is 1. The van der Waals surface area contributed by atoms with Crippen LogP contribution in [0.3, 0.4) is 0 Å². The van der Waals surface area contributed by atoms with E-state index in [0.717, 1.165) is 18.6 Å². The van der Waals surface area contributed by atoms with Gasteiger partial charge in [-0.15, -0.1) is 0 Å². The molecule has 11 heteroatoms. The molecular formula is C21H28ClF3N4O3. The number of alkyl halides is 3. The minimum Gasteiger partial charge on any atom is -0.375 e. The highest BCUT2D eigenvalue weighted by Gasteiger charge is 2.33. The number of rotatable bonds is 6. The fourth-order valence-electron chi connectivity index (χ4n) is 3.81. The molecule has 178 valence electrons. The Morgan fingerprint density at radius 2 is 1.78 bits per heavy atom. The predicted molar refractivity (Wildman–Crippen MR) is 115 cm³/mol. The van der Waals surface area contributed by atoms with E-state index in [1.807, 2.05) is 16.7 Å². The minimum atomic E-state index is -4.59. The van der Waals surface area contributed by atoms with Crippen molar-refractivity contribution < 1.29 is 27.5 Å². The molecule has 1 aromatic rings. The number of carbonyl (C=O) groups excluding carboxylic acids is 2. The molecule has 2 fully saturated rings. The van der Waals surface area contributed by atoms with E-state index in [1.54, 1.807) is 0 Å². The van der Waals surface area contributed by atoms with Gasteiger partial charge < -0.3 is 15.0 Å². The highest BCUT2D eigenvalue weighted by molar-refractivity contribution is 6.31. The van der Waals surface area contributed by atoms with Gasteiger partial charge in [0.25, 0.3) is 0 Å². The Bertz CT molecular complexity index is 816. The van der Waals surface area contributed by atoms with Gasteiger partial charge in [-0.3, -0.25) is 19.4 Å². The molecule has 0 radical (unpaired) electrons. The molecule has 1 unspecified atom stereocenters. The summed E-state index contributed by atoms with van der Waals surface area (Å²) in [4.78, 5) is 30.7. The number of nitrogens with one attached hydrogen (secondary N) is 1. The number of piperazine rings is 1. The van der Waals surface area contributed by atoms with Crippen LogP contribution in [-0.4, -0.2) is 91.6 Å². The van der Waals surface area contributed by atoms with Crippen LogP contribution in [0.5, 0.6) is 0 Å². The molecule has 0 saturated carbocycles. The van der Waals surface area contributed by atoms with Crippen LogP contribution in [0.1, 0.15) is 18.9 Å². The summed E-state index contributed by atoms with van der Waals surface area (Å²) >= 11 is 5.61. The number of carbonyl (C=O) groups is 2. The van der Waals surface area contributed by atoms with Crippen LogP contribution in [0.15, 0.2) is 18.2 Å². The van der Waals surface area contributed by atoms with Gasteiger partial charge in [0.05, 0.1) is 36.4 Å². The van der Waals surface area contributed by atoms with Crippen LogP contribution < -0.4 is 5.32 Å². The molecule has 1 aromatic carbocycles. The maximum absolute atomic E-state index is 13.0. The van der Waals surface area contributed by atoms with Crippen molar-refractivity contribution in [2.45, 2.75) is 25.6 Å². The van der Waals surface area contributed by atoms with Gasteiger partial charge in [-0.2, -0.15) is 13.2 Å². The van der Waals surface area contributed by atoms with Crippen molar-refractivity contribution in [1.29, 1.82) is 0 Å². The molecule has 2 heterocycles. The third-order valence-corrected chi connectivity index (χ3v) is 6.02. The average Bonchev–Trinajstić information content (AvgIpc) is 2.75. The molecule has 0 bridgehead atoms. The largest absolute Gasteiger partial charge is 0.417 e. The van der Waals surface area contributed by atoms with Gasteiger partial charge in [0, 0.05) is 45.0 Å². The minimum absolute atomic E-state index is 0.0480. The number of hydrogen-bond donors (Lipinski definition) is 1. The van der Waals surface area contributed by atoms with Gasteiger partial charge in [-0.05, 0) is 24.6 Å². The number of hydrogen-bond acceptors (Lipinski definition) is 5. The molecule has 1 N–H and O–H groups in total. The van der Waals surface area contributed by atoms with E-state index in [1.165, 1.54) is 6.07 Å². The number of ether oxygens (including phenoxy) is 1. The van der Waals surface area contributed by atoms with E-state index in [-0.39, 0.29) is 24.2 Å². The summed E-state index contributed by atoms with van der Waals surface area (Å²) in [5, 5.41) is 2.09. The Labute approximate surface area is 190 Å². The monoisotopic (exact) mass is 476 g/mol. The molecule has 7 nitrogen and oxygen atoms in total. The summed E-state index contributed by atoms with van der Waals surface area (Å²) in [6.07, 6.45) is -3.63. The number of halogens is 4. The molecule has 2 amide bonds. The Morgan fingerprint density at radius 1 is 1.12 bits per heavy atom. The first kappa shape index (κ1) is 24.8. The Morgan fingerprint density at radius 3 is 2.41 bits per heavy atom. The zero-order chi connectivity index (χ0) is 23.3. The number of morpholine rings is 1. The molecule has 32 heavy (non-hydrogen) atoms. The van der Waals surface area contributed by atoms with Crippen LogP contribution in [-0.2, 0) is 20.5 Å².